The maximum absolute atomic E-state index is 12.5. The van der Waals surface area contributed by atoms with Crippen LogP contribution in [0.2, 0.25) is 0 Å². The van der Waals surface area contributed by atoms with Gasteiger partial charge in [-0.05, 0) is 61.1 Å². The molecular formula is C17H15N3O2S. The van der Waals surface area contributed by atoms with Gasteiger partial charge in [-0.3, -0.25) is 4.79 Å². The van der Waals surface area contributed by atoms with E-state index in [0.29, 0.717) is 17.5 Å². The first kappa shape index (κ1) is 15.2. The molecule has 0 saturated carbocycles. The minimum atomic E-state index is -0.244. The van der Waals surface area contributed by atoms with Gasteiger partial charge in [0.25, 0.3) is 5.56 Å². The first-order valence-electron chi connectivity index (χ1n) is 7.20. The summed E-state index contributed by atoms with van der Waals surface area (Å²) in [5.74, 6) is 0.796. The summed E-state index contributed by atoms with van der Waals surface area (Å²) in [4.78, 5) is 15.5. The molecule has 0 aliphatic carbocycles. The number of rotatable bonds is 4. The van der Waals surface area contributed by atoms with Crippen molar-refractivity contribution in [3.05, 3.63) is 69.2 Å². The molecule has 6 heteroatoms. The highest BCUT2D eigenvalue weighted by Gasteiger charge is 2.03. The molecule has 5 nitrogen and oxygen atoms in total. The largest absolute Gasteiger partial charge is 0.494 e. The summed E-state index contributed by atoms with van der Waals surface area (Å²) in [5.41, 5.74) is 1.31. The maximum atomic E-state index is 12.5. The van der Waals surface area contributed by atoms with E-state index in [1.165, 1.54) is 4.68 Å². The van der Waals surface area contributed by atoms with Crippen molar-refractivity contribution in [1.82, 2.24) is 9.66 Å². The van der Waals surface area contributed by atoms with Crippen LogP contribution in [0.5, 0.6) is 5.75 Å². The van der Waals surface area contributed by atoms with Crippen molar-refractivity contribution in [2.24, 2.45) is 5.10 Å². The second-order valence-corrected chi connectivity index (χ2v) is 5.23. The Balaban J connectivity index is 1.97. The number of hydrogen-bond donors (Lipinski definition) is 1. The van der Waals surface area contributed by atoms with Crippen LogP contribution in [0.25, 0.3) is 10.9 Å². The molecule has 0 aliphatic heterocycles. The van der Waals surface area contributed by atoms with Crippen molar-refractivity contribution in [3.63, 3.8) is 0 Å². The predicted octanol–water partition coefficient (Wildman–Crippen LogP) is 3.34. The zero-order valence-corrected chi connectivity index (χ0v) is 13.3. The van der Waals surface area contributed by atoms with Crippen molar-refractivity contribution in [1.29, 1.82) is 0 Å². The van der Waals surface area contributed by atoms with Crippen LogP contribution in [-0.2, 0) is 0 Å². The fourth-order valence-electron chi connectivity index (χ4n) is 2.20. The number of nitrogens with zero attached hydrogens (tertiary/aromatic N) is 2. The minimum absolute atomic E-state index is 0.244. The Kier molecular flexibility index (Phi) is 4.34. The summed E-state index contributed by atoms with van der Waals surface area (Å²) < 4.78 is 6.84. The summed E-state index contributed by atoms with van der Waals surface area (Å²) in [5, 5.41) is 4.75. The molecule has 0 amide bonds. The van der Waals surface area contributed by atoms with Gasteiger partial charge in [0.2, 0.25) is 4.77 Å². The number of fused-ring (bicyclic) bond motifs is 1. The van der Waals surface area contributed by atoms with E-state index in [2.05, 4.69) is 10.1 Å². The number of hydrogen-bond acceptors (Lipinski definition) is 4. The van der Waals surface area contributed by atoms with E-state index in [4.69, 9.17) is 17.0 Å². The highest BCUT2D eigenvalue weighted by atomic mass is 32.1. The zero-order chi connectivity index (χ0) is 16.2. The molecule has 3 rings (SSSR count). The summed E-state index contributed by atoms with van der Waals surface area (Å²) in [7, 11) is 0. The highest BCUT2D eigenvalue weighted by Crippen LogP contribution is 2.11. The standard InChI is InChI=1S/C17H15N3O2S/c1-2-22-13-9-7-12(8-10-13)11-18-20-16(21)14-5-3-4-6-15(14)19-17(20)23/h3-11H,2H2,1H3,(H,19,23)/b18-11+. The lowest BCUT2D eigenvalue weighted by molar-refractivity contribution is 0.340. The van der Waals surface area contributed by atoms with Gasteiger partial charge in [-0.15, -0.1) is 0 Å². The van der Waals surface area contributed by atoms with Crippen molar-refractivity contribution in [2.45, 2.75) is 6.92 Å². The molecular weight excluding hydrogens is 310 g/mol. The second-order valence-electron chi connectivity index (χ2n) is 4.84. The van der Waals surface area contributed by atoms with Crippen LogP contribution in [0.3, 0.4) is 0 Å². The van der Waals surface area contributed by atoms with Crippen LogP contribution in [0.1, 0.15) is 12.5 Å². The van der Waals surface area contributed by atoms with Gasteiger partial charge < -0.3 is 9.72 Å². The van der Waals surface area contributed by atoms with Crippen LogP contribution in [0.15, 0.2) is 58.4 Å². The van der Waals surface area contributed by atoms with Crippen LogP contribution < -0.4 is 10.3 Å². The molecule has 23 heavy (non-hydrogen) atoms. The zero-order valence-electron chi connectivity index (χ0n) is 12.5. The van der Waals surface area contributed by atoms with Crippen molar-refractivity contribution in [2.75, 3.05) is 6.61 Å². The van der Waals surface area contributed by atoms with Crippen LogP contribution in [0.4, 0.5) is 0 Å². The average molecular weight is 325 g/mol. The van der Waals surface area contributed by atoms with Gasteiger partial charge in [0, 0.05) is 0 Å². The number of nitrogens with one attached hydrogen (secondary N) is 1. The van der Waals surface area contributed by atoms with E-state index in [-0.39, 0.29) is 10.3 Å². The molecule has 0 spiro atoms. The van der Waals surface area contributed by atoms with Gasteiger partial charge in [-0.1, -0.05) is 12.1 Å². The molecule has 1 heterocycles. The third-order valence-corrected chi connectivity index (χ3v) is 3.57. The molecule has 1 aromatic heterocycles. The number of H-pyrrole nitrogens is 1. The van der Waals surface area contributed by atoms with E-state index in [1.807, 2.05) is 43.3 Å². The maximum Gasteiger partial charge on any atom is 0.282 e. The molecule has 2 aromatic carbocycles. The van der Waals surface area contributed by atoms with Crippen molar-refractivity contribution in [3.8, 4) is 5.75 Å². The van der Waals surface area contributed by atoms with Crippen LogP contribution in [0, 0.1) is 4.77 Å². The van der Waals surface area contributed by atoms with Crippen molar-refractivity contribution < 1.29 is 4.74 Å². The fraction of sp³-hybridized carbons (Fsp3) is 0.118. The smallest absolute Gasteiger partial charge is 0.282 e. The van der Waals surface area contributed by atoms with E-state index >= 15 is 0 Å². The quantitative estimate of drug-likeness (QED) is 0.591. The van der Waals surface area contributed by atoms with Gasteiger partial charge in [-0.2, -0.15) is 9.78 Å². The van der Waals surface area contributed by atoms with Gasteiger partial charge >= 0.3 is 0 Å². The second kappa shape index (κ2) is 6.58. The molecule has 0 fully saturated rings. The normalized spacial score (nSPS) is 11.2. The molecule has 0 atom stereocenters. The third-order valence-electron chi connectivity index (χ3n) is 3.30. The lowest BCUT2D eigenvalue weighted by atomic mass is 10.2. The average Bonchev–Trinajstić information content (AvgIpc) is 2.56. The number of benzene rings is 2. The molecule has 0 radical (unpaired) electrons. The number of para-hydroxylation sites is 1. The predicted molar refractivity (Wildman–Crippen MR) is 94.0 cm³/mol. The summed E-state index contributed by atoms with van der Waals surface area (Å²) in [6, 6.07) is 14.7. The van der Waals surface area contributed by atoms with Gasteiger partial charge in [-0.25, -0.2) is 0 Å². The first-order chi connectivity index (χ1) is 11.2. The van der Waals surface area contributed by atoms with E-state index < -0.39 is 0 Å². The number of aromatic amines is 1. The number of ether oxygens (including phenoxy) is 1. The van der Waals surface area contributed by atoms with Gasteiger partial charge in [0.15, 0.2) is 0 Å². The molecule has 3 aromatic rings. The van der Waals surface area contributed by atoms with Crippen LogP contribution >= 0.6 is 12.2 Å². The molecule has 1 N–H and O–H groups in total. The van der Waals surface area contributed by atoms with Gasteiger partial charge in [0.1, 0.15) is 5.75 Å². The number of aromatic nitrogens is 2. The summed E-state index contributed by atoms with van der Waals surface area (Å²) in [6.45, 7) is 2.55. The molecule has 0 saturated heterocycles. The fourth-order valence-corrected chi connectivity index (χ4v) is 2.44. The highest BCUT2D eigenvalue weighted by molar-refractivity contribution is 7.71. The summed E-state index contributed by atoms with van der Waals surface area (Å²) in [6.07, 6.45) is 1.59. The minimum Gasteiger partial charge on any atom is -0.494 e. The molecule has 0 bridgehead atoms. The van der Waals surface area contributed by atoms with E-state index in [0.717, 1.165) is 11.3 Å². The van der Waals surface area contributed by atoms with Crippen molar-refractivity contribution >= 4 is 29.3 Å². The Hall–Kier alpha value is -2.73. The molecule has 0 unspecified atom stereocenters. The Morgan fingerprint density at radius 2 is 1.96 bits per heavy atom. The van der Waals surface area contributed by atoms with E-state index in [1.54, 1.807) is 18.3 Å². The molecule has 0 aliphatic rings. The SMILES string of the molecule is CCOc1ccc(/C=N/n2c(=S)[nH]c3ccccc3c2=O)cc1. The Bertz CT molecular complexity index is 972. The summed E-state index contributed by atoms with van der Waals surface area (Å²) >= 11 is 5.21. The first-order valence-corrected chi connectivity index (χ1v) is 7.61. The topological polar surface area (TPSA) is 59.4 Å². The molecule has 116 valence electrons. The van der Waals surface area contributed by atoms with Gasteiger partial charge in [0.05, 0.1) is 23.7 Å². The Morgan fingerprint density at radius 3 is 2.70 bits per heavy atom. The van der Waals surface area contributed by atoms with E-state index in [9.17, 15) is 4.79 Å². The monoisotopic (exact) mass is 325 g/mol. The lowest BCUT2D eigenvalue weighted by Gasteiger charge is -2.03. The third kappa shape index (κ3) is 3.22. The Morgan fingerprint density at radius 1 is 1.22 bits per heavy atom. The van der Waals surface area contributed by atoms with Crippen LogP contribution in [-0.4, -0.2) is 22.5 Å². The lowest BCUT2D eigenvalue weighted by Crippen LogP contribution is -2.18. The Labute approximate surface area is 137 Å².